The van der Waals surface area contributed by atoms with Crippen LogP contribution in [-0.2, 0) is 73.3 Å². The van der Waals surface area contributed by atoms with Crippen LogP contribution in [0.5, 0.6) is 0 Å². The van der Waals surface area contributed by atoms with E-state index < -0.39 is 35.3 Å². The summed E-state index contributed by atoms with van der Waals surface area (Å²) in [6.07, 6.45) is -1.71. The van der Waals surface area contributed by atoms with Crippen LogP contribution < -0.4 is 27.0 Å². The molecular formula is C56H64F6N10O2. The molecule has 0 spiro atoms. The van der Waals surface area contributed by atoms with E-state index >= 15 is 0 Å². The molecule has 74 heavy (non-hydrogen) atoms. The maximum absolute atomic E-state index is 13.7. The first-order valence-corrected chi connectivity index (χ1v) is 24.9. The topological polar surface area (TPSA) is 173 Å². The van der Waals surface area contributed by atoms with Gasteiger partial charge in [0.25, 0.3) is 0 Å². The third-order valence-electron chi connectivity index (χ3n) is 13.7. The van der Waals surface area contributed by atoms with Crippen LogP contribution in [0.25, 0.3) is 0 Å². The summed E-state index contributed by atoms with van der Waals surface area (Å²) in [4.78, 5) is 46.4. The van der Waals surface area contributed by atoms with Gasteiger partial charge in [0.15, 0.2) is 0 Å². The zero-order chi connectivity index (χ0) is 53.0. The van der Waals surface area contributed by atoms with Crippen molar-refractivity contribution >= 4 is 23.2 Å². The van der Waals surface area contributed by atoms with E-state index in [0.717, 1.165) is 97.9 Å². The van der Waals surface area contributed by atoms with Crippen molar-refractivity contribution in [3.8, 4) is 0 Å². The Labute approximate surface area is 428 Å². The lowest BCUT2D eigenvalue weighted by Crippen LogP contribution is -2.41. The fourth-order valence-corrected chi connectivity index (χ4v) is 9.58. The Balaban J connectivity index is 0.000000217. The number of aromatic nitrogens is 4. The van der Waals surface area contributed by atoms with Crippen LogP contribution in [-0.4, -0.2) is 89.0 Å². The second-order valence-electron chi connectivity index (χ2n) is 19.3. The number of alkyl halides is 6. The van der Waals surface area contributed by atoms with Gasteiger partial charge in [0.05, 0.1) is 35.4 Å². The van der Waals surface area contributed by atoms with Gasteiger partial charge in [-0.2, -0.15) is 26.3 Å². The summed E-state index contributed by atoms with van der Waals surface area (Å²) < 4.78 is 82.2. The van der Waals surface area contributed by atoms with Crippen LogP contribution in [0.4, 0.5) is 37.7 Å². The third kappa shape index (κ3) is 15.6. The van der Waals surface area contributed by atoms with E-state index in [9.17, 15) is 35.9 Å². The highest BCUT2D eigenvalue weighted by Crippen LogP contribution is 2.34. The van der Waals surface area contributed by atoms with E-state index in [1.807, 2.05) is 36.4 Å². The SMILES string of the molecule is CN(C)C1CCN(c2ccc(Cc3ncc(C(F)(F)F)c(CCc4ccccc4CC(N)=O)n3)cc2)CC1.NC(=O)Cc1ccccc1CCc1nc(Cc2ccc(N3CCC(N)CC3)cc2)ncc1C(F)(F)F. The minimum absolute atomic E-state index is 0.0392. The highest BCUT2D eigenvalue weighted by atomic mass is 19.4. The van der Waals surface area contributed by atoms with Gasteiger partial charge in [0.1, 0.15) is 11.6 Å². The second-order valence-corrected chi connectivity index (χ2v) is 19.3. The lowest BCUT2D eigenvalue weighted by Gasteiger charge is -2.36. The molecule has 4 aromatic carbocycles. The van der Waals surface area contributed by atoms with Crippen molar-refractivity contribution in [3.05, 3.63) is 177 Å². The first-order chi connectivity index (χ1) is 35.3. The molecule has 6 aromatic rings. The number of nitrogens with zero attached hydrogens (tertiary/aromatic N) is 7. The van der Waals surface area contributed by atoms with Gasteiger partial charge in [-0.1, -0.05) is 72.8 Å². The van der Waals surface area contributed by atoms with Crippen molar-refractivity contribution in [2.75, 3.05) is 50.1 Å². The number of carbonyl (C=O) groups is 2. The number of hydrogen-bond donors (Lipinski definition) is 3. The van der Waals surface area contributed by atoms with Crippen LogP contribution in [0.1, 0.15) is 93.2 Å². The van der Waals surface area contributed by atoms with Crippen molar-refractivity contribution in [1.82, 2.24) is 24.8 Å². The fourth-order valence-electron chi connectivity index (χ4n) is 9.58. The molecule has 2 aliphatic rings. The van der Waals surface area contributed by atoms with E-state index in [-0.39, 0.29) is 43.1 Å². The Morgan fingerprint density at radius 3 is 1.27 bits per heavy atom. The van der Waals surface area contributed by atoms with Crippen molar-refractivity contribution in [3.63, 3.8) is 0 Å². The smallest absolute Gasteiger partial charge is 0.371 e. The normalized spacial score (nSPS) is 14.7. The zero-order valence-electron chi connectivity index (χ0n) is 41.8. The monoisotopic (exact) mass is 1020 g/mol. The van der Waals surface area contributed by atoms with Crippen LogP contribution >= 0.6 is 0 Å². The number of nitrogens with two attached hydrogens (primary N) is 3. The molecule has 8 rings (SSSR count). The number of benzene rings is 4. The first-order valence-electron chi connectivity index (χ1n) is 24.9. The molecule has 0 radical (unpaired) electrons. The Hall–Kier alpha value is -6.92. The summed E-state index contributed by atoms with van der Waals surface area (Å²) in [5.74, 6) is -0.294. The molecule has 0 unspecified atom stereocenters. The molecule has 4 heterocycles. The average molecular weight is 1020 g/mol. The second kappa shape index (κ2) is 24.9. The first kappa shape index (κ1) is 54.8. The molecule has 2 amide bonds. The number of halogens is 6. The van der Waals surface area contributed by atoms with E-state index in [1.54, 1.807) is 48.5 Å². The standard InChI is InChI=1S/C29H34F3N5O.C27H30F3N5O/c1-36(2)23-13-15-37(16-14-23)24-10-7-20(8-11-24)17-28-34-19-25(29(30,31)32)26(35-28)12-9-21-5-3-4-6-22(21)18-27(33)38;28-27(29,30)23-17-33-26(15-18-5-8-22(9-6-18)35-13-11-21(31)12-14-35)34-24(23)10-7-19-3-1-2-4-20(19)16-25(32)36/h3-8,10-11,19,23H,9,12-18H2,1-2H3,(H2,33,38);1-6,8-9,17,21H,7,10-16,31H2,(H2,32,36). The Kier molecular flexibility index (Phi) is 18.4. The highest BCUT2D eigenvalue weighted by molar-refractivity contribution is 5.77. The molecule has 6 N–H and O–H groups in total. The predicted molar refractivity (Wildman–Crippen MR) is 274 cm³/mol. The van der Waals surface area contributed by atoms with Crippen molar-refractivity contribution in [2.24, 2.45) is 17.2 Å². The van der Waals surface area contributed by atoms with Gasteiger partial charge in [-0.05, 0) is 123 Å². The van der Waals surface area contributed by atoms with Gasteiger partial charge in [0.2, 0.25) is 11.8 Å². The summed E-state index contributed by atoms with van der Waals surface area (Å²) in [5.41, 5.74) is 22.0. The van der Waals surface area contributed by atoms with Crippen LogP contribution in [0.3, 0.4) is 0 Å². The van der Waals surface area contributed by atoms with Crippen molar-refractivity contribution in [2.45, 2.75) is 101 Å². The van der Waals surface area contributed by atoms with Gasteiger partial charge < -0.3 is 31.9 Å². The highest BCUT2D eigenvalue weighted by Gasteiger charge is 2.36. The van der Waals surface area contributed by atoms with Crippen LogP contribution in [0.15, 0.2) is 109 Å². The van der Waals surface area contributed by atoms with E-state index in [0.29, 0.717) is 54.5 Å². The lowest BCUT2D eigenvalue weighted by molar-refractivity contribution is -0.139. The van der Waals surface area contributed by atoms with Gasteiger partial charge in [0, 0.05) is 74.9 Å². The minimum Gasteiger partial charge on any atom is -0.371 e. The largest absolute Gasteiger partial charge is 0.419 e. The Bertz CT molecular complexity index is 2810. The number of piperidine rings is 2. The summed E-state index contributed by atoms with van der Waals surface area (Å²) >= 11 is 0. The Morgan fingerprint density at radius 2 is 0.919 bits per heavy atom. The fraction of sp³-hybridized carbons (Fsp3) is 0.393. The molecule has 0 aliphatic carbocycles. The third-order valence-corrected chi connectivity index (χ3v) is 13.7. The number of primary amides is 2. The number of carbonyl (C=O) groups excluding carboxylic acids is 2. The number of aryl methyl sites for hydroxylation is 4. The van der Waals surface area contributed by atoms with E-state index in [4.69, 9.17) is 17.2 Å². The van der Waals surface area contributed by atoms with Gasteiger partial charge in [-0.25, -0.2) is 19.9 Å². The molecule has 2 saturated heterocycles. The molecule has 2 aromatic heterocycles. The summed E-state index contributed by atoms with van der Waals surface area (Å²) in [6, 6.07) is 31.2. The lowest BCUT2D eigenvalue weighted by atomic mass is 9.98. The van der Waals surface area contributed by atoms with Crippen molar-refractivity contribution in [1.29, 1.82) is 0 Å². The van der Waals surface area contributed by atoms with E-state index in [2.05, 4.69) is 60.9 Å². The molecule has 2 fully saturated rings. The quantitative estimate of drug-likeness (QED) is 0.0756. The number of hydrogen-bond acceptors (Lipinski definition) is 10. The molecule has 2 aliphatic heterocycles. The summed E-state index contributed by atoms with van der Waals surface area (Å²) in [6.45, 7) is 3.81. The molecular weight excluding hydrogens is 959 g/mol. The van der Waals surface area contributed by atoms with Crippen molar-refractivity contribution < 1.29 is 35.9 Å². The molecule has 392 valence electrons. The van der Waals surface area contributed by atoms with Gasteiger partial charge in [-0.15, -0.1) is 0 Å². The maximum Gasteiger partial charge on any atom is 0.419 e. The number of rotatable bonds is 17. The molecule has 18 heteroatoms. The Morgan fingerprint density at radius 1 is 0.554 bits per heavy atom. The minimum atomic E-state index is -4.56. The molecule has 0 atom stereocenters. The molecule has 12 nitrogen and oxygen atoms in total. The van der Waals surface area contributed by atoms with Crippen LogP contribution in [0, 0.1) is 0 Å². The molecule has 0 saturated carbocycles. The van der Waals surface area contributed by atoms with Gasteiger partial charge in [-0.3, -0.25) is 9.59 Å². The summed E-state index contributed by atoms with van der Waals surface area (Å²) in [7, 11) is 4.24. The molecule has 0 bridgehead atoms. The predicted octanol–water partition coefficient (Wildman–Crippen LogP) is 8.26. The number of anilines is 2. The maximum atomic E-state index is 13.7. The van der Waals surface area contributed by atoms with Gasteiger partial charge >= 0.3 is 12.4 Å². The average Bonchev–Trinajstić information content (AvgIpc) is 3.36. The zero-order valence-corrected chi connectivity index (χ0v) is 41.8. The van der Waals surface area contributed by atoms with Crippen LogP contribution in [0.2, 0.25) is 0 Å². The summed E-state index contributed by atoms with van der Waals surface area (Å²) in [5, 5.41) is 0. The number of amides is 2. The van der Waals surface area contributed by atoms with E-state index in [1.165, 1.54) is 0 Å².